The fourth-order valence-electron chi connectivity index (χ4n) is 3.20. The first-order valence-electron chi connectivity index (χ1n) is 7.68. The van der Waals surface area contributed by atoms with Crippen LogP contribution in [0.25, 0.3) is 11.0 Å². The van der Waals surface area contributed by atoms with E-state index < -0.39 is 0 Å². The Morgan fingerprint density at radius 2 is 2.24 bits per heavy atom. The van der Waals surface area contributed by atoms with Gasteiger partial charge in [0.2, 0.25) is 0 Å². The summed E-state index contributed by atoms with van der Waals surface area (Å²) in [5, 5.41) is 9.30. The highest BCUT2D eigenvalue weighted by atomic mass is 19.1. The molecule has 1 atom stereocenters. The summed E-state index contributed by atoms with van der Waals surface area (Å²) >= 11 is 0. The van der Waals surface area contributed by atoms with Crippen molar-refractivity contribution in [3.8, 4) is 0 Å². The molecule has 0 bridgehead atoms. The van der Waals surface area contributed by atoms with Crippen LogP contribution in [0.2, 0.25) is 0 Å². The van der Waals surface area contributed by atoms with Crippen LogP contribution >= 0.6 is 0 Å². The minimum absolute atomic E-state index is 0.0609. The number of piperidine rings is 1. The zero-order valence-corrected chi connectivity index (χ0v) is 12.4. The minimum Gasteiger partial charge on any atom is -0.395 e. The van der Waals surface area contributed by atoms with Gasteiger partial charge in [-0.15, -0.1) is 0 Å². The van der Waals surface area contributed by atoms with E-state index in [-0.39, 0.29) is 12.4 Å². The van der Waals surface area contributed by atoms with E-state index in [1.54, 1.807) is 6.07 Å². The van der Waals surface area contributed by atoms with E-state index in [0.717, 1.165) is 24.4 Å². The van der Waals surface area contributed by atoms with E-state index in [0.29, 0.717) is 18.1 Å². The SMILES string of the molecule is CC1CCCCN1Cc1nc2cc(F)ccc2n1CCO. The van der Waals surface area contributed by atoms with E-state index in [1.165, 1.54) is 31.4 Å². The van der Waals surface area contributed by atoms with Crippen molar-refractivity contribution >= 4 is 11.0 Å². The van der Waals surface area contributed by atoms with Crippen LogP contribution in [0, 0.1) is 5.82 Å². The van der Waals surface area contributed by atoms with Crippen LogP contribution in [0.5, 0.6) is 0 Å². The maximum atomic E-state index is 13.4. The van der Waals surface area contributed by atoms with Crippen LogP contribution in [0.3, 0.4) is 0 Å². The van der Waals surface area contributed by atoms with Crippen LogP contribution < -0.4 is 0 Å². The number of nitrogens with zero attached hydrogens (tertiary/aromatic N) is 3. The molecule has 114 valence electrons. The summed E-state index contributed by atoms with van der Waals surface area (Å²) < 4.78 is 15.4. The number of fused-ring (bicyclic) bond motifs is 1. The van der Waals surface area contributed by atoms with Crippen molar-refractivity contribution < 1.29 is 9.50 Å². The Morgan fingerprint density at radius 3 is 3.00 bits per heavy atom. The van der Waals surface area contributed by atoms with Crippen molar-refractivity contribution in [1.82, 2.24) is 14.5 Å². The zero-order chi connectivity index (χ0) is 14.8. The van der Waals surface area contributed by atoms with Gasteiger partial charge in [0.05, 0.1) is 24.2 Å². The van der Waals surface area contributed by atoms with E-state index in [1.807, 2.05) is 4.57 Å². The molecule has 0 radical (unpaired) electrons. The monoisotopic (exact) mass is 291 g/mol. The summed E-state index contributed by atoms with van der Waals surface area (Å²) in [7, 11) is 0. The molecule has 1 unspecified atom stereocenters. The number of aromatic nitrogens is 2. The van der Waals surface area contributed by atoms with Crippen LogP contribution in [0.1, 0.15) is 32.0 Å². The van der Waals surface area contributed by atoms with Gasteiger partial charge in [0.1, 0.15) is 11.6 Å². The smallest absolute Gasteiger partial charge is 0.125 e. The molecule has 0 spiro atoms. The molecule has 1 aliphatic heterocycles. The average molecular weight is 291 g/mol. The Hall–Kier alpha value is -1.46. The van der Waals surface area contributed by atoms with Crippen molar-refractivity contribution in [3.63, 3.8) is 0 Å². The second-order valence-corrected chi connectivity index (χ2v) is 5.85. The quantitative estimate of drug-likeness (QED) is 0.941. The van der Waals surface area contributed by atoms with Gasteiger partial charge in [-0.3, -0.25) is 4.90 Å². The van der Waals surface area contributed by atoms with Gasteiger partial charge in [0, 0.05) is 18.7 Å². The molecule has 3 rings (SSSR count). The van der Waals surface area contributed by atoms with Gasteiger partial charge in [-0.25, -0.2) is 9.37 Å². The third kappa shape index (κ3) is 2.94. The van der Waals surface area contributed by atoms with Gasteiger partial charge in [-0.05, 0) is 38.4 Å². The molecule has 1 saturated heterocycles. The zero-order valence-electron chi connectivity index (χ0n) is 12.4. The lowest BCUT2D eigenvalue weighted by molar-refractivity contribution is 0.146. The van der Waals surface area contributed by atoms with Crippen LogP contribution in [-0.4, -0.2) is 38.8 Å². The Kier molecular flexibility index (Phi) is 4.22. The summed E-state index contributed by atoms with van der Waals surface area (Å²) in [6.07, 6.45) is 3.73. The summed E-state index contributed by atoms with van der Waals surface area (Å²) in [4.78, 5) is 7.02. The number of halogens is 1. The number of hydrogen-bond donors (Lipinski definition) is 1. The number of hydrogen-bond acceptors (Lipinski definition) is 3. The molecular weight excluding hydrogens is 269 g/mol. The van der Waals surface area contributed by atoms with Crippen LogP contribution in [0.4, 0.5) is 4.39 Å². The van der Waals surface area contributed by atoms with Crippen LogP contribution in [0.15, 0.2) is 18.2 Å². The Balaban J connectivity index is 1.94. The highest BCUT2D eigenvalue weighted by Crippen LogP contribution is 2.22. The Morgan fingerprint density at radius 1 is 1.38 bits per heavy atom. The molecule has 1 N–H and O–H groups in total. The van der Waals surface area contributed by atoms with E-state index in [9.17, 15) is 9.50 Å². The van der Waals surface area contributed by atoms with Crippen molar-refractivity contribution in [3.05, 3.63) is 29.8 Å². The highest BCUT2D eigenvalue weighted by Gasteiger charge is 2.21. The maximum absolute atomic E-state index is 13.4. The minimum atomic E-state index is -0.269. The Bertz CT molecular complexity index is 625. The van der Waals surface area contributed by atoms with E-state index in [2.05, 4.69) is 16.8 Å². The van der Waals surface area contributed by atoms with Crippen molar-refractivity contribution in [2.45, 2.75) is 45.3 Å². The van der Waals surface area contributed by atoms with Gasteiger partial charge in [-0.2, -0.15) is 0 Å². The number of benzene rings is 1. The second kappa shape index (κ2) is 6.12. The van der Waals surface area contributed by atoms with Gasteiger partial charge < -0.3 is 9.67 Å². The molecule has 2 aromatic rings. The standard InChI is InChI=1S/C16H22FN3O/c1-12-4-2-3-7-19(12)11-16-18-14-10-13(17)5-6-15(14)20(16)8-9-21/h5-6,10,12,21H,2-4,7-9,11H2,1H3. The molecule has 2 heterocycles. The third-order valence-electron chi connectivity index (χ3n) is 4.40. The molecule has 1 aromatic heterocycles. The van der Waals surface area contributed by atoms with Crippen molar-refractivity contribution in [2.24, 2.45) is 0 Å². The highest BCUT2D eigenvalue weighted by molar-refractivity contribution is 5.76. The normalized spacial score (nSPS) is 20.2. The number of likely N-dealkylation sites (tertiary alicyclic amines) is 1. The molecule has 1 aliphatic rings. The second-order valence-electron chi connectivity index (χ2n) is 5.85. The Labute approximate surface area is 124 Å². The predicted molar refractivity (Wildman–Crippen MR) is 80.5 cm³/mol. The fraction of sp³-hybridized carbons (Fsp3) is 0.562. The summed E-state index contributed by atoms with van der Waals surface area (Å²) in [5.41, 5.74) is 1.56. The summed E-state index contributed by atoms with van der Waals surface area (Å²) in [5.74, 6) is 0.646. The first-order valence-corrected chi connectivity index (χ1v) is 7.68. The van der Waals surface area contributed by atoms with Gasteiger partial charge in [0.15, 0.2) is 0 Å². The molecule has 1 aromatic carbocycles. The average Bonchev–Trinajstić information content (AvgIpc) is 2.79. The predicted octanol–water partition coefficient (Wildman–Crippen LogP) is 2.54. The van der Waals surface area contributed by atoms with E-state index in [4.69, 9.17) is 0 Å². The molecule has 5 heteroatoms. The van der Waals surface area contributed by atoms with Gasteiger partial charge in [0.25, 0.3) is 0 Å². The molecule has 1 fully saturated rings. The van der Waals surface area contributed by atoms with E-state index >= 15 is 0 Å². The lowest BCUT2D eigenvalue weighted by atomic mass is 10.0. The number of imidazole rings is 1. The number of rotatable bonds is 4. The largest absolute Gasteiger partial charge is 0.395 e. The molecular formula is C16H22FN3O. The molecule has 4 nitrogen and oxygen atoms in total. The summed E-state index contributed by atoms with van der Waals surface area (Å²) in [6.45, 7) is 4.65. The lowest BCUT2D eigenvalue weighted by Gasteiger charge is -2.33. The summed E-state index contributed by atoms with van der Waals surface area (Å²) in [6, 6.07) is 5.21. The topological polar surface area (TPSA) is 41.3 Å². The molecule has 21 heavy (non-hydrogen) atoms. The molecule has 0 aliphatic carbocycles. The first-order chi connectivity index (χ1) is 10.2. The van der Waals surface area contributed by atoms with Crippen LogP contribution in [-0.2, 0) is 13.1 Å². The van der Waals surface area contributed by atoms with Gasteiger partial charge >= 0.3 is 0 Å². The fourth-order valence-corrected chi connectivity index (χ4v) is 3.20. The van der Waals surface area contributed by atoms with Gasteiger partial charge in [-0.1, -0.05) is 6.42 Å². The third-order valence-corrected chi connectivity index (χ3v) is 4.40. The maximum Gasteiger partial charge on any atom is 0.125 e. The van der Waals surface area contributed by atoms with Crippen molar-refractivity contribution in [2.75, 3.05) is 13.2 Å². The first kappa shape index (κ1) is 14.5. The lowest BCUT2D eigenvalue weighted by Crippen LogP contribution is -2.37. The number of aliphatic hydroxyl groups excluding tert-OH is 1. The molecule has 0 amide bonds. The molecule has 0 saturated carbocycles. The van der Waals surface area contributed by atoms with Crippen molar-refractivity contribution in [1.29, 1.82) is 0 Å². The number of aliphatic hydroxyl groups is 1.